The highest BCUT2D eigenvalue weighted by Crippen LogP contribution is 2.23. The lowest BCUT2D eigenvalue weighted by Crippen LogP contribution is -2.04. The summed E-state index contributed by atoms with van der Waals surface area (Å²) in [6, 6.07) is 10.5. The van der Waals surface area contributed by atoms with Crippen LogP contribution in [0, 0.1) is 5.82 Å². The number of benzene rings is 2. The van der Waals surface area contributed by atoms with Crippen LogP contribution < -0.4 is 0 Å². The molecule has 0 heterocycles. The van der Waals surface area contributed by atoms with E-state index in [9.17, 15) is 17.9 Å². The monoisotopic (exact) mass is 372 g/mol. The van der Waals surface area contributed by atoms with Crippen LogP contribution >= 0.6 is 15.9 Å². The second kappa shape index (κ2) is 6.25. The highest BCUT2D eigenvalue weighted by atomic mass is 79.9. The molecule has 2 rings (SSSR count). The largest absolute Gasteiger partial charge is 0.388 e. The maximum Gasteiger partial charge on any atom is 0.175 e. The minimum absolute atomic E-state index is 0.115. The van der Waals surface area contributed by atoms with Crippen molar-refractivity contribution < 1.29 is 17.9 Å². The van der Waals surface area contributed by atoms with Gasteiger partial charge in [-0.2, -0.15) is 0 Å². The number of aliphatic hydroxyl groups excluding tert-OH is 1. The number of aliphatic hydroxyl groups is 1. The molecule has 0 spiro atoms. The Labute approximate surface area is 131 Å². The van der Waals surface area contributed by atoms with Crippen molar-refractivity contribution in [2.24, 2.45) is 0 Å². The summed E-state index contributed by atoms with van der Waals surface area (Å²) in [5.41, 5.74) is 0.936. The Bertz CT molecular complexity index is 742. The van der Waals surface area contributed by atoms with E-state index in [0.717, 1.165) is 10.7 Å². The summed E-state index contributed by atoms with van der Waals surface area (Å²) in [5.74, 6) is -0.384. The van der Waals surface area contributed by atoms with Crippen LogP contribution in [0.4, 0.5) is 4.39 Å². The highest BCUT2D eigenvalue weighted by Gasteiger charge is 2.13. The smallest absolute Gasteiger partial charge is 0.175 e. The van der Waals surface area contributed by atoms with E-state index in [-0.39, 0.29) is 17.1 Å². The molecular weight excluding hydrogens is 359 g/mol. The molecule has 0 amide bonds. The molecule has 3 nitrogen and oxygen atoms in total. The summed E-state index contributed by atoms with van der Waals surface area (Å²) in [7, 11) is -3.26. The zero-order chi connectivity index (χ0) is 15.6. The van der Waals surface area contributed by atoms with Gasteiger partial charge in [0.25, 0.3) is 0 Å². The minimum Gasteiger partial charge on any atom is -0.388 e. The molecule has 2 aromatic rings. The number of sulfone groups is 1. The first-order valence-electron chi connectivity index (χ1n) is 6.19. The van der Waals surface area contributed by atoms with Crippen LogP contribution in [-0.4, -0.2) is 19.8 Å². The lowest BCUT2D eigenvalue weighted by molar-refractivity contribution is 0.177. The first-order valence-corrected chi connectivity index (χ1v) is 8.88. The van der Waals surface area contributed by atoms with Gasteiger partial charge in [-0.3, -0.25) is 0 Å². The van der Waals surface area contributed by atoms with Crippen molar-refractivity contribution in [1.82, 2.24) is 0 Å². The molecule has 0 aliphatic carbocycles. The normalized spacial score (nSPS) is 13.1. The maximum atomic E-state index is 13.7. The summed E-state index contributed by atoms with van der Waals surface area (Å²) in [5, 5.41) is 10.2. The van der Waals surface area contributed by atoms with Crippen LogP contribution in [0.1, 0.15) is 17.2 Å². The average molecular weight is 373 g/mol. The maximum absolute atomic E-state index is 13.7. The van der Waals surface area contributed by atoms with Gasteiger partial charge < -0.3 is 5.11 Å². The molecular formula is C15H14BrFO3S. The van der Waals surface area contributed by atoms with Gasteiger partial charge in [0.15, 0.2) is 9.84 Å². The lowest BCUT2D eigenvalue weighted by Gasteiger charge is -2.12. The molecule has 0 aliphatic rings. The summed E-state index contributed by atoms with van der Waals surface area (Å²) in [6.07, 6.45) is 0.334. The van der Waals surface area contributed by atoms with Crippen molar-refractivity contribution in [2.45, 2.75) is 17.4 Å². The van der Waals surface area contributed by atoms with E-state index in [2.05, 4.69) is 15.9 Å². The van der Waals surface area contributed by atoms with E-state index < -0.39 is 15.9 Å². The van der Waals surface area contributed by atoms with Crippen molar-refractivity contribution in [3.05, 3.63) is 63.9 Å². The van der Waals surface area contributed by atoms with E-state index in [1.54, 1.807) is 12.1 Å². The number of hydrogen-bond donors (Lipinski definition) is 1. The Hall–Kier alpha value is -1.24. The molecule has 112 valence electrons. The molecule has 1 atom stereocenters. The van der Waals surface area contributed by atoms with Gasteiger partial charge in [-0.1, -0.05) is 28.1 Å². The summed E-state index contributed by atoms with van der Waals surface area (Å²) >= 11 is 3.26. The molecule has 21 heavy (non-hydrogen) atoms. The Balaban J connectivity index is 2.20. The van der Waals surface area contributed by atoms with Crippen molar-refractivity contribution >= 4 is 25.8 Å². The van der Waals surface area contributed by atoms with Gasteiger partial charge in [0, 0.05) is 17.1 Å². The third kappa shape index (κ3) is 4.12. The molecule has 1 unspecified atom stereocenters. The fraction of sp³-hybridized carbons (Fsp3) is 0.200. The average Bonchev–Trinajstić information content (AvgIpc) is 2.42. The minimum atomic E-state index is -3.26. The van der Waals surface area contributed by atoms with Crippen LogP contribution in [-0.2, 0) is 16.3 Å². The van der Waals surface area contributed by atoms with Gasteiger partial charge >= 0.3 is 0 Å². The van der Waals surface area contributed by atoms with Gasteiger partial charge in [0.2, 0.25) is 0 Å². The standard InChI is InChI=1S/C15H14BrFO3S/c1-21(19,20)13-5-2-10(3-6-13)15(18)9-11-8-12(16)4-7-14(11)17/h2-8,15,18H,9H2,1H3. The predicted molar refractivity (Wildman–Crippen MR) is 82.3 cm³/mol. The van der Waals surface area contributed by atoms with Gasteiger partial charge in [-0.15, -0.1) is 0 Å². The van der Waals surface area contributed by atoms with Gasteiger partial charge in [-0.25, -0.2) is 12.8 Å². The second-order valence-electron chi connectivity index (χ2n) is 4.80. The first-order chi connectivity index (χ1) is 9.77. The van der Waals surface area contributed by atoms with Crippen LogP contribution in [0.25, 0.3) is 0 Å². The molecule has 2 aromatic carbocycles. The molecule has 0 saturated heterocycles. The van der Waals surface area contributed by atoms with Crippen LogP contribution in [0.3, 0.4) is 0 Å². The van der Waals surface area contributed by atoms with Gasteiger partial charge in [0.1, 0.15) is 5.82 Å². The highest BCUT2D eigenvalue weighted by molar-refractivity contribution is 9.10. The SMILES string of the molecule is CS(=O)(=O)c1ccc(C(O)Cc2cc(Br)ccc2F)cc1. The zero-order valence-corrected chi connectivity index (χ0v) is 13.7. The van der Waals surface area contributed by atoms with Gasteiger partial charge in [0.05, 0.1) is 11.0 Å². The van der Waals surface area contributed by atoms with Crippen molar-refractivity contribution in [3.8, 4) is 0 Å². The van der Waals surface area contributed by atoms with E-state index in [1.165, 1.54) is 30.3 Å². The Kier molecular flexibility index (Phi) is 4.81. The molecule has 0 aliphatic heterocycles. The molecule has 1 N–H and O–H groups in total. The third-order valence-corrected chi connectivity index (χ3v) is 4.74. The third-order valence-electron chi connectivity index (χ3n) is 3.11. The summed E-state index contributed by atoms with van der Waals surface area (Å²) in [6.45, 7) is 0. The molecule has 0 aromatic heterocycles. The number of halogens is 2. The van der Waals surface area contributed by atoms with E-state index >= 15 is 0 Å². The van der Waals surface area contributed by atoms with E-state index in [4.69, 9.17) is 0 Å². The predicted octanol–water partition coefficient (Wildman–Crippen LogP) is 3.27. The summed E-state index contributed by atoms with van der Waals surface area (Å²) in [4.78, 5) is 0.187. The quantitative estimate of drug-likeness (QED) is 0.895. The topological polar surface area (TPSA) is 54.4 Å². The van der Waals surface area contributed by atoms with Gasteiger partial charge in [-0.05, 0) is 41.5 Å². The first kappa shape index (κ1) is 16.1. The Morgan fingerprint density at radius 3 is 2.38 bits per heavy atom. The number of hydrogen-bond acceptors (Lipinski definition) is 3. The van der Waals surface area contributed by atoms with Crippen molar-refractivity contribution in [2.75, 3.05) is 6.26 Å². The molecule has 0 saturated carbocycles. The molecule has 0 bridgehead atoms. The Morgan fingerprint density at radius 1 is 1.19 bits per heavy atom. The fourth-order valence-corrected chi connectivity index (χ4v) is 3.00. The van der Waals surface area contributed by atoms with E-state index in [1.807, 2.05) is 0 Å². The second-order valence-corrected chi connectivity index (χ2v) is 7.73. The van der Waals surface area contributed by atoms with Crippen LogP contribution in [0.2, 0.25) is 0 Å². The van der Waals surface area contributed by atoms with Crippen LogP contribution in [0.5, 0.6) is 0 Å². The zero-order valence-electron chi connectivity index (χ0n) is 11.3. The lowest BCUT2D eigenvalue weighted by atomic mass is 10.0. The fourth-order valence-electron chi connectivity index (χ4n) is 1.96. The Morgan fingerprint density at radius 2 is 1.81 bits per heavy atom. The van der Waals surface area contributed by atoms with Crippen molar-refractivity contribution in [3.63, 3.8) is 0 Å². The summed E-state index contributed by atoms with van der Waals surface area (Å²) < 4.78 is 37.1. The molecule has 6 heteroatoms. The van der Waals surface area contributed by atoms with Crippen LogP contribution in [0.15, 0.2) is 51.8 Å². The van der Waals surface area contributed by atoms with E-state index in [0.29, 0.717) is 11.1 Å². The molecule has 0 radical (unpaired) electrons. The number of rotatable bonds is 4. The van der Waals surface area contributed by atoms with Crippen molar-refractivity contribution in [1.29, 1.82) is 0 Å². The molecule has 0 fully saturated rings.